The normalized spacial score (nSPS) is 35.3. The van der Waals surface area contributed by atoms with Gasteiger partial charge in [0.1, 0.15) is 0 Å². The van der Waals surface area contributed by atoms with Crippen molar-refractivity contribution in [3.8, 4) is 0 Å². The number of alkyl halides is 1. The molecule has 1 aliphatic carbocycles. The van der Waals surface area contributed by atoms with Gasteiger partial charge in [-0.2, -0.15) is 0 Å². The standard InChI is InChI=1S/C6H10FO.Na/c7-5-3-1-2-4-6(5)8;/h5-6H,1-4H2;/q-1;+1. The molecular weight excluding hydrogens is 130 g/mol. The van der Waals surface area contributed by atoms with Gasteiger partial charge in [0.05, 0.1) is 6.17 Å². The van der Waals surface area contributed by atoms with Crippen LogP contribution in [-0.4, -0.2) is 12.3 Å². The van der Waals surface area contributed by atoms with Gasteiger partial charge in [-0.25, -0.2) is 4.39 Å². The Morgan fingerprint density at radius 2 is 1.78 bits per heavy atom. The minimum absolute atomic E-state index is 0. The monoisotopic (exact) mass is 140 g/mol. The Labute approximate surface area is 76.9 Å². The predicted molar refractivity (Wildman–Crippen MR) is 27.2 cm³/mol. The molecule has 0 aliphatic heterocycles. The fourth-order valence-electron chi connectivity index (χ4n) is 1.05. The Hall–Kier alpha value is 0.890. The van der Waals surface area contributed by atoms with Gasteiger partial charge in [0.2, 0.25) is 0 Å². The predicted octanol–water partition coefficient (Wildman–Crippen LogP) is -2.37. The van der Waals surface area contributed by atoms with Gasteiger partial charge in [-0.3, -0.25) is 0 Å². The maximum Gasteiger partial charge on any atom is 1.00 e. The fourth-order valence-corrected chi connectivity index (χ4v) is 1.05. The summed E-state index contributed by atoms with van der Waals surface area (Å²) >= 11 is 0. The van der Waals surface area contributed by atoms with E-state index in [0.717, 1.165) is 12.8 Å². The van der Waals surface area contributed by atoms with Crippen molar-refractivity contribution in [3.63, 3.8) is 0 Å². The molecule has 2 atom stereocenters. The molecule has 9 heavy (non-hydrogen) atoms. The molecule has 3 heteroatoms. The molecular formula is C6H10FNaO. The van der Waals surface area contributed by atoms with Gasteiger partial charge >= 0.3 is 29.6 Å². The molecule has 0 heterocycles. The van der Waals surface area contributed by atoms with Crippen molar-refractivity contribution < 1.29 is 39.1 Å². The van der Waals surface area contributed by atoms with E-state index in [1.807, 2.05) is 0 Å². The van der Waals surface area contributed by atoms with Crippen LogP contribution in [0.2, 0.25) is 0 Å². The summed E-state index contributed by atoms with van der Waals surface area (Å²) < 4.78 is 12.3. The minimum atomic E-state index is -1.05. The zero-order valence-electron chi connectivity index (χ0n) is 5.77. The van der Waals surface area contributed by atoms with E-state index in [-0.39, 0.29) is 29.6 Å². The van der Waals surface area contributed by atoms with Crippen molar-refractivity contribution in [1.29, 1.82) is 0 Å². The Kier molecular flexibility index (Phi) is 5.13. The van der Waals surface area contributed by atoms with Gasteiger partial charge in [0.25, 0.3) is 0 Å². The van der Waals surface area contributed by atoms with Crippen molar-refractivity contribution >= 4 is 0 Å². The van der Waals surface area contributed by atoms with Crippen LogP contribution in [0, 0.1) is 0 Å². The molecule has 0 aromatic heterocycles. The van der Waals surface area contributed by atoms with Crippen LogP contribution < -0.4 is 34.7 Å². The smallest absolute Gasteiger partial charge is 0.850 e. The number of hydrogen-bond donors (Lipinski definition) is 0. The SMILES string of the molecule is [Na+].[O-]C1CCCCC1F. The van der Waals surface area contributed by atoms with Crippen LogP contribution in [0.1, 0.15) is 25.7 Å². The second-order valence-electron chi connectivity index (χ2n) is 2.34. The molecule has 0 radical (unpaired) electrons. The molecule has 0 bridgehead atoms. The van der Waals surface area contributed by atoms with Gasteiger partial charge < -0.3 is 5.11 Å². The molecule has 0 N–H and O–H groups in total. The van der Waals surface area contributed by atoms with Crippen molar-refractivity contribution in [1.82, 2.24) is 0 Å². The van der Waals surface area contributed by atoms with Gasteiger partial charge in [-0.05, 0) is 6.42 Å². The first kappa shape index (κ1) is 9.89. The summed E-state index contributed by atoms with van der Waals surface area (Å²) in [5.41, 5.74) is 0. The van der Waals surface area contributed by atoms with Crippen LogP contribution in [0.15, 0.2) is 0 Å². The maximum absolute atomic E-state index is 12.3. The van der Waals surface area contributed by atoms with Gasteiger partial charge in [-0.15, -0.1) is 0 Å². The van der Waals surface area contributed by atoms with Crippen molar-refractivity contribution in [2.45, 2.75) is 38.0 Å². The minimum Gasteiger partial charge on any atom is -0.850 e. The Morgan fingerprint density at radius 1 is 1.22 bits per heavy atom. The Bertz CT molecular complexity index is 69.5. The molecule has 0 amide bonds. The average Bonchev–Trinajstić information content (AvgIpc) is 1.77. The fraction of sp³-hybridized carbons (Fsp3) is 1.00. The van der Waals surface area contributed by atoms with Crippen LogP contribution in [0.4, 0.5) is 4.39 Å². The van der Waals surface area contributed by atoms with E-state index >= 15 is 0 Å². The van der Waals surface area contributed by atoms with Crippen molar-refractivity contribution in [3.05, 3.63) is 0 Å². The molecule has 1 rings (SSSR count). The van der Waals surface area contributed by atoms with Crippen molar-refractivity contribution in [2.24, 2.45) is 0 Å². The molecule has 0 aromatic carbocycles. The van der Waals surface area contributed by atoms with Crippen molar-refractivity contribution in [2.75, 3.05) is 0 Å². The first-order valence-corrected chi connectivity index (χ1v) is 3.10. The van der Waals surface area contributed by atoms with Gasteiger partial charge in [-0.1, -0.05) is 25.4 Å². The molecule has 0 saturated heterocycles. The van der Waals surface area contributed by atoms with E-state index in [4.69, 9.17) is 0 Å². The maximum atomic E-state index is 12.3. The second kappa shape index (κ2) is 4.67. The average molecular weight is 140 g/mol. The van der Waals surface area contributed by atoms with Gasteiger partial charge in [0.15, 0.2) is 0 Å². The summed E-state index contributed by atoms with van der Waals surface area (Å²) in [4.78, 5) is 0. The number of halogens is 1. The summed E-state index contributed by atoms with van der Waals surface area (Å²) in [5, 5.41) is 10.5. The van der Waals surface area contributed by atoms with Crippen LogP contribution in [0.3, 0.4) is 0 Å². The molecule has 2 unspecified atom stereocenters. The zero-order chi connectivity index (χ0) is 5.98. The Balaban J connectivity index is 0.000000640. The van der Waals surface area contributed by atoms with E-state index in [9.17, 15) is 9.50 Å². The van der Waals surface area contributed by atoms with Gasteiger partial charge in [0, 0.05) is 0 Å². The third-order valence-electron chi connectivity index (χ3n) is 1.62. The first-order valence-electron chi connectivity index (χ1n) is 3.10. The topological polar surface area (TPSA) is 23.1 Å². The van der Waals surface area contributed by atoms with Crippen LogP contribution in [0.25, 0.3) is 0 Å². The van der Waals surface area contributed by atoms with E-state index in [2.05, 4.69) is 0 Å². The molecule has 1 aliphatic rings. The summed E-state index contributed by atoms with van der Waals surface area (Å²) in [6, 6.07) is 0. The van der Waals surface area contributed by atoms with E-state index < -0.39 is 12.3 Å². The number of hydrogen-bond acceptors (Lipinski definition) is 1. The Morgan fingerprint density at radius 3 is 2.11 bits per heavy atom. The molecule has 1 nitrogen and oxygen atoms in total. The third-order valence-corrected chi connectivity index (χ3v) is 1.62. The van der Waals surface area contributed by atoms with Crippen LogP contribution >= 0.6 is 0 Å². The van der Waals surface area contributed by atoms with Crippen LogP contribution in [0.5, 0.6) is 0 Å². The van der Waals surface area contributed by atoms with Crippen LogP contribution in [-0.2, 0) is 0 Å². The summed E-state index contributed by atoms with van der Waals surface area (Å²) in [6.45, 7) is 0. The summed E-state index contributed by atoms with van der Waals surface area (Å²) in [6.07, 6.45) is 0.900. The summed E-state index contributed by atoms with van der Waals surface area (Å²) in [5.74, 6) is 0. The molecule has 1 saturated carbocycles. The van der Waals surface area contributed by atoms with E-state index in [1.165, 1.54) is 0 Å². The van der Waals surface area contributed by atoms with E-state index in [1.54, 1.807) is 0 Å². The molecule has 1 fully saturated rings. The molecule has 0 aromatic rings. The largest absolute Gasteiger partial charge is 1.00 e. The quantitative estimate of drug-likeness (QED) is 0.345. The zero-order valence-corrected chi connectivity index (χ0v) is 7.77. The summed E-state index contributed by atoms with van der Waals surface area (Å²) in [7, 11) is 0. The molecule has 0 spiro atoms. The third kappa shape index (κ3) is 2.99. The second-order valence-corrected chi connectivity index (χ2v) is 2.34. The molecule has 48 valence electrons. The number of rotatable bonds is 0. The first-order chi connectivity index (χ1) is 3.80. The van der Waals surface area contributed by atoms with E-state index in [0.29, 0.717) is 12.8 Å².